The molecule has 0 saturated carbocycles. The molecule has 27 heavy (non-hydrogen) atoms. The summed E-state index contributed by atoms with van der Waals surface area (Å²) in [6.45, 7) is 6.50. The zero-order valence-electron chi connectivity index (χ0n) is 15.9. The zero-order chi connectivity index (χ0) is 18.8. The first-order valence-corrected chi connectivity index (χ1v) is 9.43. The maximum absolute atomic E-state index is 11.3. The fourth-order valence-corrected chi connectivity index (χ4v) is 2.98. The summed E-state index contributed by atoms with van der Waals surface area (Å²) in [6, 6.07) is 12.4. The number of amides is 1. The predicted molar refractivity (Wildman–Crippen MR) is 114 cm³/mol. The first-order valence-electron chi connectivity index (χ1n) is 9.43. The summed E-state index contributed by atoms with van der Waals surface area (Å²) in [6.07, 6.45) is 6.48. The maximum atomic E-state index is 11.3. The molecule has 1 aromatic carbocycles. The molecule has 2 rings (SSSR count). The predicted octanol–water partition coefficient (Wildman–Crippen LogP) is 3.66. The fourth-order valence-electron chi connectivity index (χ4n) is 2.98. The van der Waals surface area contributed by atoms with Crippen molar-refractivity contribution in [3.8, 4) is 0 Å². The van der Waals surface area contributed by atoms with Gasteiger partial charge < -0.3 is 4.90 Å². The summed E-state index contributed by atoms with van der Waals surface area (Å²) in [5, 5.41) is 0. The molecule has 0 bridgehead atoms. The average Bonchev–Trinajstić information content (AvgIpc) is 2.67. The number of hydrazine groups is 1. The van der Waals surface area contributed by atoms with Crippen molar-refractivity contribution >= 4 is 11.7 Å². The van der Waals surface area contributed by atoms with Gasteiger partial charge in [-0.05, 0) is 48.4 Å². The highest BCUT2D eigenvalue weighted by atomic mass is 16.2. The van der Waals surface area contributed by atoms with Gasteiger partial charge in [-0.2, -0.15) is 0 Å². The van der Waals surface area contributed by atoms with Gasteiger partial charge in [-0.15, -0.1) is 0 Å². The molecule has 0 aliphatic heterocycles. The Morgan fingerprint density at radius 3 is 2.04 bits per heavy atom. The van der Waals surface area contributed by atoms with E-state index in [0.29, 0.717) is 6.42 Å². The second kappa shape index (κ2) is 12.1. The molecule has 0 unspecified atom stereocenters. The number of pyridine rings is 1. The lowest BCUT2D eigenvalue weighted by Gasteiger charge is -2.22. The minimum absolute atomic E-state index is 0. The third-order valence-electron chi connectivity index (χ3n) is 4.37. The van der Waals surface area contributed by atoms with Crippen LogP contribution in [0.3, 0.4) is 0 Å². The minimum atomic E-state index is -0.177. The highest BCUT2D eigenvalue weighted by Crippen LogP contribution is 2.14. The number of benzene rings is 1. The van der Waals surface area contributed by atoms with Crippen molar-refractivity contribution in [2.24, 2.45) is 5.84 Å². The van der Waals surface area contributed by atoms with Crippen LogP contribution in [-0.4, -0.2) is 24.0 Å². The number of carbonyl (C=O) groups is 1. The van der Waals surface area contributed by atoms with Crippen LogP contribution < -0.4 is 16.2 Å². The van der Waals surface area contributed by atoms with Crippen molar-refractivity contribution in [1.82, 2.24) is 10.4 Å². The van der Waals surface area contributed by atoms with Gasteiger partial charge in [0.15, 0.2) is 0 Å². The molecule has 1 heterocycles. The summed E-state index contributed by atoms with van der Waals surface area (Å²) in [4.78, 5) is 18.3. The molecule has 0 radical (unpaired) electrons. The van der Waals surface area contributed by atoms with E-state index in [1.54, 1.807) is 0 Å². The van der Waals surface area contributed by atoms with Gasteiger partial charge in [0.25, 0.3) is 0 Å². The van der Waals surface area contributed by atoms with Crippen molar-refractivity contribution in [2.45, 2.75) is 53.4 Å². The molecule has 5 nitrogen and oxygen atoms in total. The van der Waals surface area contributed by atoms with E-state index in [9.17, 15) is 4.79 Å². The van der Waals surface area contributed by atoms with E-state index in [-0.39, 0.29) is 13.3 Å². The van der Waals surface area contributed by atoms with Crippen LogP contribution in [0.25, 0.3) is 0 Å². The number of aromatic nitrogens is 1. The maximum Gasteiger partial charge on any atom is 0.238 e. The van der Waals surface area contributed by atoms with Crippen molar-refractivity contribution < 1.29 is 4.79 Å². The second-order valence-corrected chi connectivity index (χ2v) is 6.57. The first-order chi connectivity index (χ1) is 12.7. The monoisotopic (exact) mass is 370 g/mol. The van der Waals surface area contributed by atoms with E-state index in [4.69, 9.17) is 5.84 Å². The molecule has 1 amide bonds. The lowest BCUT2D eigenvalue weighted by atomic mass is 10.0. The van der Waals surface area contributed by atoms with E-state index in [1.165, 1.54) is 11.1 Å². The Morgan fingerprint density at radius 1 is 0.963 bits per heavy atom. The second-order valence-electron chi connectivity index (χ2n) is 6.57. The number of hydrogen-bond acceptors (Lipinski definition) is 4. The summed E-state index contributed by atoms with van der Waals surface area (Å²) < 4.78 is 0. The standard InChI is InChI=1S/C21H30N4O.CH4/c1-3-13-25(14-4-2)20-12-11-19(16-23-20)10-7-17-5-8-18(9-6-17)15-21(26)24-22;/h5-6,8-9,11-12,16H,3-4,7,10,13-15,22H2,1-2H3,(H,24,26);1H4. The van der Waals surface area contributed by atoms with Crippen LogP contribution in [0.1, 0.15) is 50.8 Å². The van der Waals surface area contributed by atoms with E-state index in [1.807, 2.05) is 18.3 Å². The third kappa shape index (κ3) is 7.39. The van der Waals surface area contributed by atoms with Gasteiger partial charge in [0.1, 0.15) is 5.82 Å². The van der Waals surface area contributed by atoms with E-state index in [2.05, 4.69) is 53.4 Å². The molecule has 148 valence electrons. The molecule has 3 N–H and O–H groups in total. The first kappa shape index (κ1) is 22.6. The number of anilines is 1. The van der Waals surface area contributed by atoms with Gasteiger partial charge >= 0.3 is 0 Å². The minimum Gasteiger partial charge on any atom is -0.357 e. The molecule has 0 saturated heterocycles. The van der Waals surface area contributed by atoms with Crippen LogP contribution in [0.4, 0.5) is 5.82 Å². The van der Waals surface area contributed by atoms with Gasteiger partial charge in [0, 0.05) is 19.3 Å². The summed E-state index contributed by atoms with van der Waals surface area (Å²) in [5.74, 6) is 6.01. The Hall–Kier alpha value is -2.40. The molecule has 1 aromatic heterocycles. The van der Waals surface area contributed by atoms with Gasteiger partial charge in [0.2, 0.25) is 5.91 Å². The van der Waals surface area contributed by atoms with Crippen LogP contribution in [0.5, 0.6) is 0 Å². The number of aryl methyl sites for hydroxylation is 2. The smallest absolute Gasteiger partial charge is 0.238 e. The number of nitrogens with zero attached hydrogens (tertiary/aromatic N) is 2. The van der Waals surface area contributed by atoms with E-state index < -0.39 is 0 Å². The molecule has 2 aromatic rings. The highest BCUT2D eigenvalue weighted by molar-refractivity contribution is 5.77. The summed E-state index contributed by atoms with van der Waals surface area (Å²) in [7, 11) is 0. The Bertz CT molecular complexity index is 662. The average molecular weight is 371 g/mol. The summed E-state index contributed by atoms with van der Waals surface area (Å²) in [5.41, 5.74) is 5.62. The highest BCUT2D eigenvalue weighted by Gasteiger charge is 2.06. The van der Waals surface area contributed by atoms with Crippen molar-refractivity contribution in [1.29, 1.82) is 0 Å². The van der Waals surface area contributed by atoms with Crippen molar-refractivity contribution in [2.75, 3.05) is 18.0 Å². The van der Waals surface area contributed by atoms with Crippen LogP contribution in [-0.2, 0) is 24.1 Å². The topological polar surface area (TPSA) is 71.2 Å². The van der Waals surface area contributed by atoms with Gasteiger partial charge in [0.05, 0.1) is 6.42 Å². The zero-order valence-corrected chi connectivity index (χ0v) is 15.9. The van der Waals surface area contributed by atoms with Gasteiger partial charge in [-0.1, -0.05) is 51.6 Å². The Balaban J connectivity index is 0.00000364. The Labute approximate surface area is 164 Å². The lowest BCUT2D eigenvalue weighted by molar-refractivity contribution is -0.120. The number of hydrogen-bond donors (Lipinski definition) is 2. The molecule has 0 atom stereocenters. The SMILES string of the molecule is C.CCCN(CCC)c1ccc(CCc2ccc(CC(=O)NN)cc2)cn1. The van der Waals surface area contributed by atoms with Crippen LogP contribution >= 0.6 is 0 Å². The van der Waals surface area contributed by atoms with Crippen LogP contribution in [0.2, 0.25) is 0 Å². The van der Waals surface area contributed by atoms with Crippen LogP contribution in [0.15, 0.2) is 42.6 Å². The van der Waals surface area contributed by atoms with Gasteiger partial charge in [-0.3, -0.25) is 10.2 Å². The summed E-state index contributed by atoms with van der Waals surface area (Å²) >= 11 is 0. The molecule has 0 spiro atoms. The number of nitrogens with two attached hydrogens (primary N) is 1. The molecule has 0 aliphatic rings. The molecular formula is C22H34N4O. The largest absolute Gasteiger partial charge is 0.357 e. The molecule has 0 fully saturated rings. The Morgan fingerprint density at radius 2 is 1.52 bits per heavy atom. The number of carbonyl (C=O) groups excluding carboxylic acids is 1. The van der Waals surface area contributed by atoms with Gasteiger partial charge in [-0.25, -0.2) is 10.8 Å². The quantitative estimate of drug-likeness (QED) is 0.380. The van der Waals surface area contributed by atoms with Crippen molar-refractivity contribution in [3.05, 3.63) is 59.3 Å². The molecule has 0 aliphatic carbocycles. The lowest BCUT2D eigenvalue weighted by Crippen LogP contribution is -2.31. The normalized spacial score (nSPS) is 10.2. The fraction of sp³-hybridized carbons (Fsp3) is 0.455. The third-order valence-corrected chi connectivity index (χ3v) is 4.37. The van der Waals surface area contributed by atoms with E-state index >= 15 is 0 Å². The number of nitrogens with one attached hydrogen (secondary N) is 1. The molecular weight excluding hydrogens is 336 g/mol. The van der Waals surface area contributed by atoms with Crippen LogP contribution in [0, 0.1) is 0 Å². The Kier molecular flexibility index (Phi) is 10.1. The number of rotatable bonds is 10. The van der Waals surface area contributed by atoms with E-state index in [0.717, 1.165) is 50.2 Å². The van der Waals surface area contributed by atoms with Crippen molar-refractivity contribution in [3.63, 3.8) is 0 Å². The molecule has 5 heteroatoms.